The minimum absolute atomic E-state index is 0.0526. The Labute approximate surface area is 94.1 Å². The summed E-state index contributed by atoms with van der Waals surface area (Å²) in [5.41, 5.74) is -0.621. The maximum Gasteiger partial charge on any atom is 0.418 e. The summed E-state index contributed by atoms with van der Waals surface area (Å²) >= 11 is 3.12. The molecule has 0 amide bonds. The highest BCUT2D eigenvalue weighted by molar-refractivity contribution is 9.10. The standard InChI is InChI=1S/C10H9BrF3N/c1-2-5-15-9-6-7(11)3-4-8(9)10(12,13)14/h2-4,6,15H,1,5H2. The molecule has 1 aromatic rings. The van der Waals surface area contributed by atoms with Gasteiger partial charge in [0, 0.05) is 16.7 Å². The van der Waals surface area contributed by atoms with Gasteiger partial charge in [-0.1, -0.05) is 22.0 Å². The van der Waals surface area contributed by atoms with Crippen LogP contribution in [-0.4, -0.2) is 6.54 Å². The fourth-order valence-electron chi connectivity index (χ4n) is 1.09. The van der Waals surface area contributed by atoms with Crippen molar-refractivity contribution in [2.75, 3.05) is 11.9 Å². The number of hydrogen-bond donors (Lipinski definition) is 1. The minimum atomic E-state index is -4.34. The summed E-state index contributed by atoms with van der Waals surface area (Å²) in [6, 6.07) is 3.80. The van der Waals surface area contributed by atoms with Crippen LogP contribution in [0.15, 0.2) is 35.3 Å². The van der Waals surface area contributed by atoms with Crippen LogP contribution in [0.2, 0.25) is 0 Å². The van der Waals surface area contributed by atoms with Gasteiger partial charge in [-0.25, -0.2) is 0 Å². The molecule has 1 aromatic carbocycles. The molecule has 15 heavy (non-hydrogen) atoms. The van der Waals surface area contributed by atoms with Gasteiger partial charge in [0.05, 0.1) is 5.56 Å². The summed E-state index contributed by atoms with van der Waals surface area (Å²) in [4.78, 5) is 0. The third kappa shape index (κ3) is 3.27. The molecule has 0 saturated heterocycles. The number of anilines is 1. The predicted octanol–water partition coefficient (Wildman–Crippen LogP) is 4.07. The normalized spacial score (nSPS) is 11.2. The van der Waals surface area contributed by atoms with Gasteiger partial charge in [-0.3, -0.25) is 0 Å². The number of alkyl halides is 3. The first-order valence-electron chi connectivity index (χ1n) is 4.16. The largest absolute Gasteiger partial charge is 0.418 e. The molecule has 0 heterocycles. The van der Waals surface area contributed by atoms with Crippen LogP contribution < -0.4 is 5.32 Å². The molecule has 1 nitrogen and oxygen atoms in total. The van der Waals surface area contributed by atoms with Gasteiger partial charge in [-0.2, -0.15) is 13.2 Å². The van der Waals surface area contributed by atoms with E-state index in [4.69, 9.17) is 0 Å². The van der Waals surface area contributed by atoms with Crippen molar-refractivity contribution in [3.8, 4) is 0 Å². The smallest absolute Gasteiger partial charge is 0.381 e. The van der Waals surface area contributed by atoms with E-state index in [1.54, 1.807) is 0 Å². The summed E-state index contributed by atoms with van der Waals surface area (Å²) in [6.45, 7) is 3.73. The molecular weight excluding hydrogens is 271 g/mol. The third-order valence-electron chi connectivity index (χ3n) is 1.72. The molecule has 0 radical (unpaired) electrons. The van der Waals surface area contributed by atoms with Crippen LogP contribution in [-0.2, 0) is 6.18 Å². The third-order valence-corrected chi connectivity index (χ3v) is 2.22. The molecule has 0 aliphatic carbocycles. The van der Waals surface area contributed by atoms with E-state index < -0.39 is 11.7 Å². The second-order valence-electron chi connectivity index (χ2n) is 2.86. The lowest BCUT2D eigenvalue weighted by molar-refractivity contribution is -0.136. The zero-order valence-electron chi connectivity index (χ0n) is 7.74. The lowest BCUT2D eigenvalue weighted by atomic mass is 10.1. The van der Waals surface area contributed by atoms with E-state index in [0.29, 0.717) is 11.0 Å². The second kappa shape index (κ2) is 4.70. The van der Waals surface area contributed by atoms with Crippen molar-refractivity contribution in [2.45, 2.75) is 6.18 Å². The molecular formula is C10H9BrF3N. The van der Waals surface area contributed by atoms with Gasteiger partial charge in [-0.05, 0) is 18.2 Å². The molecule has 0 bridgehead atoms. The van der Waals surface area contributed by atoms with Crippen molar-refractivity contribution in [2.24, 2.45) is 0 Å². The van der Waals surface area contributed by atoms with E-state index in [1.165, 1.54) is 18.2 Å². The lowest BCUT2D eigenvalue weighted by Crippen LogP contribution is -2.10. The molecule has 0 saturated carbocycles. The number of hydrogen-bond acceptors (Lipinski definition) is 1. The van der Waals surface area contributed by atoms with Crippen LogP contribution in [0.3, 0.4) is 0 Å². The Morgan fingerprint density at radius 1 is 1.40 bits per heavy atom. The van der Waals surface area contributed by atoms with Crippen molar-refractivity contribution in [1.29, 1.82) is 0 Å². The fourth-order valence-corrected chi connectivity index (χ4v) is 1.45. The van der Waals surface area contributed by atoms with Crippen LogP contribution in [0, 0.1) is 0 Å². The maximum atomic E-state index is 12.5. The molecule has 0 spiro atoms. The van der Waals surface area contributed by atoms with E-state index in [0.717, 1.165) is 6.07 Å². The molecule has 0 aliphatic rings. The molecule has 82 valence electrons. The lowest BCUT2D eigenvalue weighted by Gasteiger charge is -2.13. The Balaban J connectivity index is 3.08. The first-order valence-corrected chi connectivity index (χ1v) is 4.96. The van der Waals surface area contributed by atoms with Crippen molar-refractivity contribution < 1.29 is 13.2 Å². The van der Waals surface area contributed by atoms with E-state index in [2.05, 4.69) is 27.8 Å². The number of rotatable bonds is 3. The average Bonchev–Trinajstić information content (AvgIpc) is 2.12. The molecule has 0 aliphatic heterocycles. The molecule has 0 fully saturated rings. The Morgan fingerprint density at radius 3 is 2.60 bits per heavy atom. The highest BCUT2D eigenvalue weighted by Crippen LogP contribution is 2.36. The SMILES string of the molecule is C=CCNc1cc(Br)ccc1C(F)(F)F. The Bertz CT molecular complexity index is 360. The summed E-state index contributed by atoms with van der Waals surface area (Å²) in [5, 5.41) is 2.64. The second-order valence-corrected chi connectivity index (χ2v) is 3.77. The number of halogens is 4. The molecule has 5 heteroatoms. The summed E-state index contributed by atoms with van der Waals surface area (Å²) in [5.74, 6) is 0. The highest BCUT2D eigenvalue weighted by atomic mass is 79.9. The van der Waals surface area contributed by atoms with Gasteiger partial charge in [-0.15, -0.1) is 6.58 Å². The van der Waals surface area contributed by atoms with E-state index in [-0.39, 0.29) is 5.69 Å². The van der Waals surface area contributed by atoms with Gasteiger partial charge < -0.3 is 5.32 Å². The quantitative estimate of drug-likeness (QED) is 0.823. The molecule has 0 aromatic heterocycles. The summed E-state index contributed by atoms with van der Waals surface area (Å²) < 4.78 is 38.2. The zero-order valence-corrected chi connectivity index (χ0v) is 9.32. The Kier molecular flexibility index (Phi) is 3.79. The average molecular weight is 280 g/mol. The van der Waals surface area contributed by atoms with E-state index >= 15 is 0 Å². The predicted molar refractivity (Wildman–Crippen MR) is 57.8 cm³/mol. The van der Waals surface area contributed by atoms with Gasteiger partial charge in [0.25, 0.3) is 0 Å². The first-order chi connectivity index (χ1) is 6.95. The molecule has 1 N–H and O–H groups in total. The minimum Gasteiger partial charge on any atom is -0.381 e. The zero-order chi connectivity index (χ0) is 11.5. The monoisotopic (exact) mass is 279 g/mol. The summed E-state index contributed by atoms with van der Waals surface area (Å²) in [7, 11) is 0. The van der Waals surface area contributed by atoms with Crippen molar-refractivity contribution >= 4 is 21.6 Å². The van der Waals surface area contributed by atoms with Crippen LogP contribution >= 0.6 is 15.9 Å². The van der Waals surface area contributed by atoms with E-state index in [9.17, 15) is 13.2 Å². The van der Waals surface area contributed by atoms with Gasteiger partial charge >= 0.3 is 6.18 Å². The molecule has 1 rings (SSSR count). The van der Waals surface area contributed by atoms with Crippen molar-refractivity contribution in [3.63, 3.8) is 0 Å². The molecule has 0 atom stereocenters. The van der Waals surface area contributed by atoms with Crippen LogP contribution in [0.25, 0.3) is 0 Å². The van der Waals surface area contributed by atoms with E-state index in [1.807, 2.05) is 0 Å². The van der Waals surface area contributed by atoms with Crippen LogP contribution in [0.5, 0.6) is 0 Å². The topological polar surface area (TPSA) is 12.0 Å². The highest BCUT2D eigenvalue weighted by Gasteiger charge is 2.33. The van der Waals surface area contributed by atoms with Crippen LogP contribution in [0.4, 0.5) is 18.9 Å². The van der Waals surface area contributed by atoms with Crippen molar-refractivity contribution in [1.82, 2.24) is 0 Å². The first kappa shape index (κ1) is 12.1. The molecule has 0 unspecified atom stereocenters. The number of benzene rings is 1. The fraction of sp³-hybridized carbons (Fsp3) is 0.200. The number of nitrogens with one attached hydrogen (secondary N) is 1. The Morgan fingerprint density at radius 2 is 2.07 bits per heavy atom. The van der Waals surface area contributed by atoms with Gasteiger partial charge in [0.1, 0.15) is 0 Å². The summed E-state index contributed by atoms with van der Waals surface area (Å²) in [6.07, 6.45) is -2.84. The Hall–Kier alpha value is -0.970. The van der Waals surface area contributed by atoms with Gasteiger partial charge in [0.15, 0.2) is 0 Å². The van der Waals surface area contributed by atoms with Gasteiger partial charge in [0.2, 0.25) is 0 Å². The van der Waals surface area contributed by atoms with Crippen LogP contribution in [0.1, 0.15) is 5.56 Å². The van der Waals surface area contributed by atoms with Crippen molar-refractivity contribution in [3.05, 3.63) is 40.9 Å². The maximum absolute atomic E-state index is 12.5.